The number of hydrogen-bond acceptors (Lipinski definition) is 6. The largest absolute Gasteiger partial charge is 0.492 e. The van der Waals surface area contributed by atoms with Crippen molar-refractivity contribution in [2.45, 2.75) is 42.3 Å². The van der Waals surface area contributed by atoms with E-state index in [1.54, 1.807) is 22.9 Å². The van der Waals surface area contributed by atoms with Crippen LogP contribution in [0.25, 0.3) is 17.1 Å². The van der Waals surface area contributed by atoms with Gasteiger partial charge in [0.2, 0.25) is 3.79 Å². The van der Waals surface area contributed by atoms with Crippen LogP contribution in [0.2, 0.25) is 5.02 Å². The summed E-state index contributed by atoms with van der Waals surface area (Å²) in [6, 6.07) is 25.4. The number of hydrogen-bond donors (Lipinski definition) is 1. The van der Waals surface area contributed by atoms with Gasteiger partial charge in [0.25, 0.3) is 15.7 Å². The van der Waals surface area contributed by atoms with E-state index in [1.165, 1.54) is 0 Å². The zero-order valence-corrected chi connectivity index (χ0v) is 29.1. The number of alkyl halides is 3. The van der Waals surface area contributed by atoms with Crippen molar-refractivity contribution in [1.82, 2.24) is 14.5 Å². The standard InChI is InChI=1S/C34H33Cl4N3O5S/c35-27-19-25(15-16-31(27)45-17-9-1-2-10-18-47(43,44)46-23-34(36,37)38)21-29-33(42)41-22-30(26-13-7-4-8-14-26)39-28(32(41)40-29)20-24-11-5-3-6-12-24/h3-8,11-16,19,22,39H,1-2,9-10,17-18,20-21,23H2. The quantitative estimate of drug-likeness (QED) is 0.0661. The molecule has 3 aromatic carbocycles. The Kier molecular flexibility index (Phi) is 11.9. The van der Waals surface area contributed by atoms with Gasteiger partial charge in [0.15, 0.2) is 5.82 Å². The summed E-state index contributed by atoms with van der Waals surface area (Å²) in [5.41, 5.74) is 4.81. The predicted octanol–water partition coefficient (Wildman–Crippen LogP) is 8.16. The number of aromatic nitrogens is 3. The second kappa shape index (κ2) is 15.9. The van der Waals surface area contributed by atoms with Gasteiger partial charge in [0, 0.05) is 19.0 Å². The second-order valence-corrected chi connectivity index (χ2v) is 15.8. The summed E-state index contributed by atoms with van der Waals surface area (Å²) in [5.74, 6) is 0.968. The summed E-state index contributed by atoms with van der Waals surface area (Å²) >= 11 is 23.2. The first kappa shape index (κ1) is 35.3. The van der Waals surface area contributed by atoms with Crippen LogP contribution in [0.5, 0.6) is 5.75 Å². The van der Waals surface area contributed by atoms with Crippen LogP contribution in [0, 0.1) is 0 Å². The first-order chi connectivity index (χ1) is 22.5. The third kappa shape index (κ3) is 10.2. The minimum atomic E-state index is -3.75. The monoisotopic (exact) mass is 735 g/mol. The summed E-state index contributed by atoms with van der Waals surface area (Å²) in [4.78, 5) is 21.9. The van der Waals surface area contributed by atoms with Crippen LogP contribution in [-0.2, 0) is 27.1 Å². The van der Waals surface area contributed by atoms with Gasteiger partial charge in [-0.15, -0.1) is 0 Å². The molecule has 0 bridgehead atoms. The highest BCUT2D eigenvalue weighted by Crippen LogP contribution is 2.29. The third-order valence-electron chi connectivity index (χ3n) is 7.37. The molecule has 1 N–H and O–H groups in total. The Balaban J connectivity index is 1.21. The average molecular weight is 738 g/mol. The lowest BCUT2D eigenvalue weighted by Gasteiger charge is -2.13. The predicted molar refractivity (Wildman–Crippen MR) is 188 cm³/mol. The number of nitrogens with zero attached hydrogens (tertiary/aromatic N) is 2. The number of ether oxygens (including phenoxy) is 1. The van der Waals surface area contributed by atoms with E-state index in [0.717, 1.165) is 34.5 Å². The van der Waals surface area contributed by atoms with Crippen LogP contribution < -0.4 is 10.3 Å². The molecule has 0 fully saturated rings. The maximum absolute atomic E-state index is 13.6. The first-order valence-electron chi connectivity index (χ1n) is 15.0. The Morgan fingerprint density at radius 2 is 1.55 bits per heavy atom. The van der Waals surface area contributed by atoms with Crippen LogP contribution in [0.15, 0.2) is 89.9 Å². The molecule has 2 heterocycles. The molecule has 0 spiro atoms. The molecule has 0 aromatic heterocycles. The topological polar surface area (TPSA) is 103 Å². The van der Waals surface area contributed by atoms with Crippen LogP contribution >= 0.6 is 46.4 Å². The Labute approximate surface area is 294 Å². The fraction of sp³-hybridized carbons (Fsp3) is 0.294. The molecule has 5 rings (SSSR count). The van der Waals surface area contributed by atoms with Crippen LogP contribution in [0.4, 0.5) is 0 Å². The summed E-state index contributed by atoms with van der Waals surface area (Å²) < 4.78 is 34.2. The van der Waals surface area contributed by atoms with E-state index >= 15 is 0 Å². The lowest BCUT2D eigenvalue weighted by atomic mass is 10.1. The summed E-state index contributed by atoms with van der Waals surface area (Å²) in [6.07, 6.45) is 5.25. The number of imidazole rings is 1. The molecule has 13 heteroatoms. The van der Waals surface area contributed by atoms with Crippen molar-refractivity contribution in [1.29, 1.82) is 0 Å². The molecule has 0 saturated heterocycles. The van der Waals surface area contributed by atoms with Crippen molar-refractivity contribution in [3.63, 3.8) is 0 Å². The highest BCUT2D eigenvalue weighted by atomic mass is 35.6. The van der Waals surface area contributed by atoms with E-state index in [2.05, 4.69) is 4.98 Å². The zero-order valence-electron chi connectivity index (χ0n) is 25.3. The molecule has 47 heavy (non-hydrogen) atoms. The van der Waals surface area contributed by atoms with E-state index in [9.17, 15) is 13.2 Å². The molecule has 248 valence electrons. The van der Waals surface area contributed by atoms with Gasteiger partial charge >= 0.3 is 0 Å². The number of unbranched alkanes of at least 4 members (excludes halogenated alkanes) is 3. The summed E-state index contributed by atoms with van der Waals surface area (Å²) in [7, 11) is -3.75. The average Bonchev–Trinajstić information content (AvgIpc) is 3.36. The van der Waals surface area contributed by atoms with Gasteiger partial charge in [-0.05, 0) is 41.7 Å². The zero-order chi connectivity index (χ0) is 33.4. The van der Waals surface area contributed by atoms with Gasteiger partial charge in [-0.2, -0.15) is 8.42 Å². The fourth-order valence-electron chi connectivity index (χ4n) is 5.08. The van der Waals surface area contributed by atoms with Gasteiger partial charge in [0.1, 0.15) is 18.1 Å². The molecular weight excluding hydrogens is 704 g/mol. The highest BCUT2D eigenvalue weighted by Gasteiger charge is 2.24. The number of nitrogens with one attached hydrogen (secondary N) is 1. The van der Waals surface area contributed by atoms with Crippen molar-refractivity contribution >= 4 is 56.5 Å². The molecule has 2 aliphatic rings. The van der Waals surface area contributed by atoms with Gasteiger partial charge < -0.3 is 9.72 Å². The number of fused-ring (bicyclic) bond motifs is 1. The lowest BCUT2D eigenvalue weighted by molar-refractivity contribution is 0.304. The van der Waals surface area contributed by atoms with Crippen LogP contribution in [0.3, 0.4) is 0 Å². The van der Waals surface area contributed by atoms with Gasteiger partial charge in [-0.25, -0.2) is 4.98 Å². The van der Waals surface area contributed by atoms with E-state index < -0.39 is 20.5 Å². The molecule has 0 aliphatic carbocycles. The fourth-order valence-corrected chi connectivity index (χ4v) is 6.72. The SMILES string of the molecule is O=c1c(Cc2ccc(OCCCCCCS(=O)(=O)OCC(Cl)(Cl)Cl)c(Cl)c2)nc2c(Cc3ccccc3)[nH]c(-c3ccccc3)cn1-2. The van der Waals surface area contributed by atoms with Crippen molar-refractivity contribution in [2.75, 3.05) is 19.0 Å². The Bertz CT molecular complexity index is 1910. The highest BCUT2D eigenvalue weighted by molar-refractivity contribution is 7.86. The number of benzene rings is 3. The molecule has 3 aromatic rings. The molecule has 2 aliphatic heterocycles. The van der Waals surface area contributed by atoms with Crippen LogP contribution in [-0.4, -0.2) is 45.7 Å². The molecule has 8 nitrogen and oxygen atoms in total. The van der Waals surface area contributed by atoms with Gasteiger partial charge in [0.05, 0.1) is 28.8 Å². The minimum absolute atomic E-state index is 0.153. The van der Waals surface area contributed by atoms with E-state index in [-0.39, 0.29) is 11.3 Å². The molecule has 0 atom stereocenters. The Morgan fingerprint density at radius 1 is 0.851 bits per heavy atom. The maximum atomic E-state index is 13.6. The number of rotatable bonds is 15. The lowest BCUT2D eigenvalue weighted by Crippen LogP contribution is -2.19. The molecular formula is C34H33Cl4N3O5S. The van der Waals surface area contributed by atoms with E-state index in [0.29, 0.717) is 61.0 Å². The molecule has 0 radical (unpaired) electrons. The van der Waals surface area contributed by atoms with Gasteiger partial charge in [-0.1, -0.05) is 126 Å². The Morgan fingerprint density at radius 3 is 2.26 bits per heavy atom. The van der Waals surface area contributed by atoms with Crippen LogP contribution in [0.1, 0.15) is 48.2 Å². The van der Waals surface area contributed by atoms with Crippen molar-refractivity contribution < 1.29 is 17.3 Å². The van der Waals surface area contributed by atoms with Crippen molar-refractivity contribution in [2.24, 2.45) is 0 Å². The third-order valence-corrected chi connectivity index (χ3v) is 9.26. The smallest absolute Gasteiger partial charge is 0.278 e. The molecule has 0 saturated carbocycles. The van der Waals surface area contributed by atoms with Crippen molar-refractivity contribution in [3.05, 3.63) is 123 Å². The summed E-state index contributed by atoms with van der Waals surface area (Å²) in [5, 5.41) is 0.431. The number of H-pyrrole nitrogens is 1. The normalized spacial score (nSPS) is 12.1. The molecule has 0 unspecified atom stereocenters. The van der Waals surface area contributed by atoms with E-state index in [1.807, 2.05) is 66.7 Å². The maximum Gasteiger partial charge on any atom is 0.278 e. The number of aromatic amines is 1. The second-order valence-electron chi connectivity index (χ2n) is 11.1. The number of halogens is 4. The van der Waals surface area contributed by atoms with Gasteiger partial charge in [-0.3, -0.25) is 13.5 Å². The van der Waals surface area contributed by atoms with E-state index in [4.69, 9.17) is 60.3 Å². The minimum Gasteiger partial charge on any atom is -0.492 e. The summed E-state index contributed by atoms with van der Waals surface area (Å²) in [6.45, 7) is -0.106. The van der Waals surface area contributed by atoms with Crippen molar-refractivity contribution in [3.8, 4) is 22.8 Å². The Hall–Kier alpha value is -3.05. The first-order valence-corrected chi connectivity index (χ1v) is 18.1. The molecule has 0 amide bonds.